The van der Waals surface area contributed by atoms with Crippen LogP contribution in [-0.4, -0.2) is 4.98 Å². The van der Waals surface area contributed by atoms with Gasteiger partial charge in [-0.2, -0.15) is 0 Å². The maximum absolute atomic E-state index is 4.44. The van der Waals surface area contributed by atoms with Crippen molar-refractivity contribution in [3.8, 4) is 11.3 Å². The molecule has 0 saturated heterocycles. The molecular formula is C19H17N. The van der Waals surface area contributed by atoms with Gasteiger partial charge in [0.15, 0.2) is 0 Å². The number of aromatic nitrogens is 1. The highest BCUT2D eigenvalue weighted by atomic mass is 14.7. The summed E-state index contributed by atoms with van der Waals surface area (Å²) >= 11 is 0. The van der Waals surface area contributed by atoms with E-state index in [9.17, 15) is 0 Å². The van der Waals surface area contributed by atoms with Crippen molar-refractivity contribution in [3.63, 3.8) is 0 Å². The molecule has 1 aromatic carbocycles. The highest BCUT2D eigenvalue weighted by Crippen LogP contribution is 2.27. The molecule has 0 amide bonds. The second-order valence-electron chi connectivity index (χ2n) is 4.20. The van der Waals surface area contributed by atoms with E-state index in [1.54, 1.807) is 6.08 Å². The van der Waals surface area contributed by atoms with Crippen LogP contribution in [0.2, 0.25) is 0 Å². The van der Waals surface area contributed by atoms with Gasteiger partial charge >= 0.3 is 0 Å². The lowest BCUT2D eigenvalue weighted by molar-refractivity contribution is 1.32. The first-order chi connectivity index (χ1) is 9.86. The van der Waals surface area contributed by atoms with Crippen molar-refractivity contribution >= 4 is 5.57 Å². The normalized spacial score (nSPS) is 10.1. The molecule has 1 heteroatoms. The summed E-state index contributed by atoms with van der Waals surface area (Å²) in [5.74, 6) is 0. The van der Waals surface area contributed by atoms with E-state index in [0.29, 0.717) is 0 Å². The standard InChI is InChI=1S/C19H17N/c1-3-5-11-16(10-4-2)17-12-6-7-13-18(17)19-14-8-9-15-20-19/h3-9,11-15H,1H2,2H3/b11-5-. The average molecular weight is 259 g/mol. The second-order valence-corrected chi connectivity index (χ2v) is 4.20. The molecular weight excluding hydrogens is 242 g/mol. The Labute approximate surface area is 120 Å². The third-order valence-electron chi connectivity index (χ3n) is 2.86. The summed E-state index contributed by atoms with van der Waals surface area (Å²) in [4.78, 5) is 4.44. The van der Waals surface area contributed by atoms with Gasteiger partial charge in [-0.15, -0.1) is 5.73 Å². The van der Waals surface area contributed by atoms with E-state index in [1.807, 2.05) is 61.7 Å². The van der Waals surface area contributed by atoms with Crippen LogP contribution in [0.25, 0.3) is 16.8 Å². The zero-order valence-corrected chi connectivity index (χ0v) is 11.6. The molecule has 2 aromatic rings. The first kappa shape index (κ1) is 13.8. The maximum atomic E-state index is 4.44. The summed E-state index contributed by atoms with van der Waals surface area (Å²) in [5, 5.41) is 0. The van der Waals surface area contributed by atoms with E-state index in [4.69, 9.17) is 0 Å². The Morgan fingerprint density at radius 2 is 1.95 bits per heavy atom. The molecule has 98 valence electrons. The van der Waals surface area contributed by atoms with Gasteiger partial charge in [-0.1, -0.05) is 49.1 Å². The van der Waals surface area contributed by atoms with Gasteiger partial charge in [0, 0.05) is 17.3 Å². The molecule has 0 aliphatic heterocycles. The van der Waals surface area contributed by atoms with Gasteiger partial charge in [-0.05, 0) is 36.8 Å². The molecule has 2 rings (SSSR count). The number of rotatable bonds is 4. The summed E-state index contributed by atoms with van der Waals surface area (Å²) in [6, 6.07) is 14.2. The lowest BCUT2D eigenvalue weighted by atomic mass is 9.97. The first-order valence-electron chi connectivity index (χ1n) is 6.58. The summed E-state index contributed by atoms with van der Waals surface area (Å²) in [6.45, 7) is 5.68. The van der Waals surface area contributed by atoms with Crippen LogP contribution in [0.3, 0.4) is 0 Å². The van der Waals surface area contributed by atoms with Crippen molar-refractivity contribution in [1.29, 1.82) is 0 Å². The molecule has 0 radical (unpaired) electrons. The Balaban J connectivity index is 2.60. The van der Waals surface area contributed by atoms with E-state index in [-0.39, 0.29) is 0 Å². The van der Waals surface area contributed by atoms with Gasteiger partial charge in [-0.3, -0.25) is 4.98 Å². The fourth-order valence-corrected chi connectivity index (χ4v) is 2.00. The lowest BCUT2D eigenvalue weighted by Gasteiger charge is -2.08. The summed E-state index contributed by atoms with van der Waals surface area (Å²) in [6.07, 6.45) is 9.42. The van der Waals surface area contributed by atoms with Crippen LogP contribution >= 0.6 is 0 Å². The minimum Gasteiger partial charge on any atom is -0.256 e. The summed E-state index contributed by atoms with van der Waals surface area (Å²) in [7, 11) is 0. The van der Waals surface area contributed by atoms with E-state index in [0.717, 1.165) is 22.4 Å². The second kappa shape index (κ2) is 7.08. The largest absolute Gasteiger partial charge is 0.256 e. The quantitative estimate of drug-likeness (QED) is 0.553. The Kier molecular flexibility index (Phi) is 4.88. The van der Waals surface area contributed by atoms with Gasteiger partial charge in [-0.25, -0.2) is 0 Å². The van der Waals surface area contributed by atoms with Crippen LogP contribution in [0.15, 0.2) is 85.3 Å². The molecule has 1 nitrogen and oxygen atoms in total. The van der Waals surface area contributed by atoms with Crippen molar-refractivity contribution < 1.29 is 0 Å². The third kappa shape index (κ3) is 3.23. The molecule has 0 unspecified atom stereocenters. The lowest BCUT2D eigenvalue weighted by Crippen LogP contribution is -1.89. The van der Waals surface area contributed by atoms with Crippen LogP contribution in [-0.2, 0) is 0 Å². The number of hydrogen-bond acceptors (Lipinski definition) is 1. The van der Waals surface area contributed by atoms with E-state index >= 15 is 0 Å². The van der Waals surface area contributed by atoms with Crippen LogP contribution < -0.4 is 0 Å². The van der Waals surface area contributed by atoms with E-state index < -0.39 is 0 Å². The fourth-order valence-electron chi connectivity index (χ4n) is 2.00. The topological polar surface area (TPSA) is 12.9 Å². The third-order valence-corrected chi connectivity index (χ3v) is 2.86. The molecule has 1 aromatic heterocycles. The number of nitrogens with zero attached hydrogens (tertiary/aromatic N) is 1. The molecule has 1 heterocycles. The van der Waals surface area contributed by atoms with Gasteiger partial charge in [0.25, 0.3) is 0 Å². The average Bonchev–Trinajstić information content (AvgIpc) is 2.52. The number of hydrogen-bond donors (Lipinski definition) is 0. The first-order valence-corrected chi connectivity index (χ1v) is 6.58. The number of pyridine rings is 1. The molecule has 0 bridgehead atoms. The Hall–Kier alpha value is -2.63. The van der Waals surface area contributed by atoms with E-state index in [2.05, 4.69) is 29.4 Å². The van der Waals surface area contributed by atoms with Crippen LogP contribution in [0.4, 0.5) is 0 Å². The van der Waals surface area contributed by atoms with Crippen LogP contribution in [0, 0.1) is 0 Å². The van der Waals surface area contributed by atoms with Crippen molar-refractivity contribution in [1.82, 2.24) is 4.98 Å². The number of benzene rings is 1. The summed E-state index contributed by atoms with van der Waals surface area (Å²) < 4.78 is 0. The molecule has 20 heavy (non-hydrogen) atoms. The van der Waals surface area contributed by atoms with Gasteiger partial charge in [0.1, 0.15) is 0 Å². The highest BCUT2D eigenvalue weighted by molar-refractivity contribution is 5.84. The summed E-state index contributed by atoms with van der Waals surface area (Å²) in [5.41, 5.74) is 7.47. The molecule has 0 aliphatic rings. The predicted octanol–water partition coefficient (Wildman–Crippen LogP) is 5.05. The van der Waals surface area contributed by atoms with E-state index in [1.165, 1.54) is 0 Å². The molecule has 0 N–H and O–H groups in total. The van der Waals surface area contributed by atoms with Crippen molar-refractivity contribution in [3.05, 3.63) is 90.8 Å². The SMILES string of the molecule is C=C/C=C\C(=C=CC)c1ccccc1-c1ccccn1. The van der Waals surface area contributed by atoms with Gasteiger partial charge < -0.3 is 0 Å². The maximum Gasteiger partial charge on any atom is 0.0708 e. The Bertz CT molecular complexity index is 672. The highest BCUT2D eigenvalue weighted by Gasteiger charge is 2.07. The molecule has 0 saturated carbocycles. The van der Waals surface area contributed by atoms with Crippen molar-refractivity contribution in [2.24, 2.45) is 0 Å². The Morgan fingerprint density at radius 1 is 1.15 bits per heavy atom. The monoisotopic (exact) mass is 259 g/mol. The molecule has 0 spiro atoms. The predicted molar refractivity (Wildman–Crippen MR) is 86.2 cm³/mol. The van der Waals surface area contributed by atoms with Crippen LogP contribution in [0.5, 0.6) is 0 Å². The minimum absolute atomic E-state index is 0.963. The van der Waals surface area contributed by atoms with Gasteiger partial charge in [0.2, 0.25) is 0 Å². The zero-order valence-electron chi connectivity index (χ0n) is 11.6. The minimum atomic E-state index is 0.963. The Morgan fingerprint density at radius 3 is 2.65 bits per heavy atom. The fraction of sp³-hybridized carbons (Fsp3) is 0.0526. The molecule has 0 fully saturated rings. The smallest absolute Gasteiger partial charge is 0.0708 e. The number of allylic oxidation sites excluding steroid dienone is 4. The zero-order chi connectivity index (χ0) is 14.2. The van der Waals surface area contributed by atoms with Crippen molar-refractivity contribution in [2.75, 3.05) is 0 Å². The molecule has 0 atom stereocenters. The van der Waals surface area contributed by atoms with Crippen molar-refractivity contribution in [2.45, 2.75) is 6.92 Å². The van der Waals surface area contributed by atoms with Gasteiger partial charge in [0.05, 0.1) is 5.69 Å². The molecule has 0 aliphatic carbocycles. The van der Waals surface area contributed by atoms with Crippen LogP contribution in [0.1, 0.15) is 12.5 Å².